The van der Waals surface area contributed by atoms with Crippen LogP contribution in [0.3, 0.4) is 0 Å². The highest BCUT2D eigenvalue weighted by molar-refractivity contribution is 14.1. The van der Waals surface area contributed by atoms with Gasteiger partial charge in [-0.05, 0) is 77.5 Å². The number of aromatic hydroxyl groups is 1. The molecule has 4 nitrogen and oxygen atoms in total. The third-order valence-corrected chi connectivity index (χ3v) is 6.13. The molecule has 0 bridgehead atoms. The number of halogens is 3. The van der Waals surface area contributed by atoms with E-state index in [2.05, 4.69) is 5.32 Å². The number of anilines is 1. The van der Waals surface area contributed by atoms with Crippen molar-refractivity contribution < 1.29 is 14.6 Å². The standard InChI is InChI=1S/C24H16Cl2INO3/c1-13-10-15(28-24(30)18-11-14(25)12-20(27)23(18)29)6-8-21(13)31-22-9-7-19(26)16-4-2-3-5-17(16)22/h2-12,29H,1H3,(H,28,30). The Morgan fingerprint density at radius 2 is 1.68 bits per heavy atom. The van der Waals surface area contributed by atoms with E-state index in [0.29, 0.717) is 30.8 Å². The molecule has 0 atom stereocenters. The van der Waals surface area contributed by atoms with Crippen molar-refractivity contribution >= 4 is 68.2 Å². The number of benzene rings is 4. The summed E-state index contributed by atoms with van der Waals surface area (Å²) in [5.41, 5.74) is 1.52. The summed E-state index contributed by atoms with van der Waals surface area (Å²) in [6.45, 7) is 1.89. The Balaban J connectivity index is 1.58. The third-order valence-electron chi connectivity index (χ3n) is 4.76. The number of hydrogen-bond donors (Lipinski definition) is 2. The fraction of sp³-hybridized carbons (Fsp3) is 0.0417. The van der Waals surface area contributed by atoms with Gasteiger partial charge < -0.3 is 15.2 Å². The molecule has 0 saturated carbocycles. The molecule has 0 spiro atoms. The highest BCUT2D eigenvalue weighted by atomic mass is 127. The Kier molecular flexibility index (Phi) is 6.27. The number of ether oxygens (including phenoxy) is 1. The molecule has 1 amide bonds. The molecule has 0 heterocycles. The molecular weight excluding hydrogens is 548 g/mol. The van der Waals surface area contributed by atoms with Crippen LogP contribution in [0.15, 0.2) is 66.7 Å². The van der Waals surface area contributed by atoms with Crippen LogP contribution >= 0.6 is 45.8 Å². The van der Waals surface area contributed by atoms with E-state index in [9.17, 15) is 9.90 Å². The molecule has 0 aliphatic carbocycles. The summed E-state index contributed by atoms with van der Waals surface area (Å²) in [6.07, 6.45) is 0. The van der Waals surface area contributed by atoms with Crippen molar-refractivity contribution in [2.75, 3.05) is 5.32 Å². The number of phenolic OH excluding ortho intramolecular Hbond substituents is 1. The van der Waals surface area contributed by atoms with E-state index in [4.69, 9.17) is 27.9 Å². The first-order valence-electron chi connectivity index (χ1n) is 9.28. The molecule has 2 N–H and O–H groups in total. The van der Waals surface area contributed by atoms with E-state index in [0.717, 1.165) is 16.3 Å². The lowest BCUT2D eigenvalue weighted by atomic mass is 10.1. The van der Waals surface area contributed by atoms with Crippen molar-refractivity contribution in [1.29, 1.82) is 0 Å². The summed E-state index contributed by atoms with van der Waals surface area (Å²) >= 11 is 14.2. The van der Waals surface area contributed by atoms with Crippen LogP contribution in [0.1, 0.15) is 15.9 Å². The van der Waals surface area contributed by atoms with Crippen LogP contribution in [0.25, 0.3) is 10.8 Å². The van der Waals surface area contributed by atoms with Gasteiger partial charge in [0.25, 0.3) is 5.91 Å². The largest absolute Gasteiger partial charge is 0.506 e. The van der Waals surface area contributed by atoms with Gasteiger partial charge in [-0.3, -0.25) is 4.79 Å². The average Bonchev–Trinajstić information content (AvgIpc) is 2.74. The second-order valence-corrected chi connectivity index (χ2v) is 8.92. The summed E-state index contributed by atoms with van der Waals surface area (Å²) in [5, 5.41) is 15.8. The van der Waals surface area contributed by atoms with E-state index in [1.165, 1.54) is 6.07 Å². The van der Waals surface area contributed by atoms with Gasteiger partial charge in [-0.25, -0.2) is 0 Å². The SMILES string of the molecule is Cc1cc(NC(=O)c2cc(Cl)cc(I)c2O)ccc1Oc1ccc(Cl)c2ccccc12. The molecule has 0 radical (unpaired) electrons. The molecule has 0 saturated heterocycles. The lowest BCUT2D eigenvalue weighted by Crippen LogP contribution is -2.12. The lowest BCUT2D eigenvalue weighted by Gasteiger charge is -2.14. The minimum atomic E-state index is -0.449. The second kappa shape index (κ2) is 8.94. The molecule has 0 aliphatic rings. The summed E-state index contributed by atoms with van der Waals surface area (Å²) in [7, 11) is 0. The van der Waals surface area contributed by atoms with Crippen molar-refractivity contribution in [3.63, 3.8) is 0 Å². The minimum Gasteiger partial charge on any atom is -0.506 e. The average molecular weight is 564 g/mol. The first-order chi connectivity index (χ1) is 14.8. The van der Waals surface area contributed by atoms with Crippen LogP contribution in [-0.4, -0.2) is 11.0 Å². The van der Waals surface area contributed by atoms with Gasteiger partial charge >= 0.3 is 0 Å². The predicted molar refractivity (Wildman–Crippen MR) is 134 cm³/mol. The van der Waals surface area contributed by atoms with Crippen molar-refractivity contribution in [1.82, 2.24) is 0 Å². The Morgan fingerprint density at radius 1 is 0.968 bits per heavy atom. The van der Waals surface area contributed by atoms with Crippen LogP contribution in [0.2, 0.25) is 10.0 Å². The Bertz CT molecular complexity index is 1320. The zero-order valence-corrected chi connectivity index (χ0v) is 19.9. The van der Waals surface area contributed by atoms with Gasteiger partial charge in [-0.15, -0.1) is 0 Å². The molecule has 0 aliphatic heterocycles. The zero-order valence-electron chi connectivity index (χ0n) is 16.2. The van der Waals surface area contributed by atoms with Gasteiger partial charge in [0.2, 0.25) is 0 Å². The fourth-order valence-corrected chi connectivity index (χ4v) is 4.48. The number of carbonyl (C=O) groups is 1. The fourth-order valence-electron chi connectivity index (χ4n) is 3.22. The van der Waals surface area contributed by atoms with Crippen molar-refractivity contribution in [3.8, 4) is 17.2 Å². The highest BCUT2D eigenvalue weighted by Gasteiger charge is 2.16. The third kappa shape index (κ3) is 4.59. The lowest BCUT2D eigenvalue weighted by molar-refractivity contribution is 0.102. The van der Waals surface area contributed by atoms with Crippen molar-refractivity contribution in [3.05, 3.63) is 91.5 Å². The van der Waals surface area contributed by atoms with E-state index in [-0.39, 0.29) is 11.3 Å². The van der Waals surface area contributed by atoms with Gasteiger partial charge in [-0.1, -0.05) is 47.5 Å². The van der Waals surface area contributed by atoms with Crippen molar-refractivity contribution in [2.24, 2.45) is 0 Å². The van der Waals surface area contributed by atoms with Gasteiger partial charge in [0, 0.05) is 26.5 Å². The number of aryl methyl sites for hydroxylation is 1. The Morgan fingerprint density at radius 3 is 2.42 bits per heavy atom. The topological polar surface area (TPSA) is 58.6 Å². The molecule has 31 heavy (non-hydrogen) atoms. The molecule has 0 unspecified atom stereocenters. The highest BCUT2D eigenvalue weighted by Crippen LogP contribution is 2.36. The van der Waals surface area contributed by atoms with E-state index in [1.54, 1.807) is 24.3 Å². The maximum Gasteiger partial charge on any atom is 0.259 e. The van der Waals surface area contributed by atoms with Crippen LogP contribution in [-0.2, 0) is 0 Å². The number of nitrogens with one attached hydrogen (secondary N) is 1. The molecule has 7 heteroatoms. The van der Waals surface area contributed by atoms with Crippen LogP contribution < -0.4 is 10.1 Å². The maximum absolute atomic E-state index is 12.6. The number of fused-ring (bicyclic) bond motifs is 1. The number of rotatable bonds is 4. The molecule has 0 fully saturated rings. The van der Waals surface area contributed by atoms with E-state index in [1.807, 2.05) is 65.9 Å². The normalized spacial score (nSPS) is 10.8. The Hall–Kier alpha value is -2.48. The van der Waals surface area contributed by atoms with Crippen LogP contribution in [0.4, 0.5) is 5.69 Å². The predicted octanol–water partition coefficient (Wildman–Crippen LogP) is 7.81. The van der Waals surface area contributed by atoms with E-state index >= 15 is 0 Å². The molecule has 4 rings (SSSR count). The summed E-state index contributed by atoms with van der Waals surface area (Å²) in [4.78, 5) is 12.6. The summed E-state index contributed by atoms with van der Waals surface area (Å²) in [6, 6.07) is 19.8. The first-order valence-corrected chi connectivity index (χ1v) is 11.1. The quantitative estimate of drug-likeness (QED) is 0.249. The van der Waals surface area contributed by atoms with Gasteiger partial charge in [0.05, 0.1) is 9.13 Å². The molecule has 4 aromatic carbocycles. The minimum absolute atomic E-state index is 0.103. The summed E-state index contributed by atoms with van der Waals surface area (Å²) < 4.78 is 6.65. The Labute approximate surface area is 202 Å². The van der Waals surface area contributed by atoms with Crippen LogP contribution in [0.5, 0.6) is 17.2 Å². The molecular formula is C24H16Cl2INO3. The van der Waals surface area contributed by atoms with Gasteiger partial charge in [0.15, 0.2) is 0 Å². The number of amides is 1. The van der Waals surface area contributed by atoms with Gasteiger partial charge in [0.1, 0.15) is 17.2 Å². The van der Waals surface area contributed by atoms with E-state index < -0.39 is 5.91 Å². The first kappa shape index (κ1) is 21.7. The zero-order chi connectivity index (χ0) is 22.1. The van der Waals surface area contributed by atoms with Crippen molar-refractivity contribution in [2.45, 2.75) is 6.92 Å². The smallest absolute Gasteiger partial charge is 0.259 e. The summed E-state index contributed by atoms with van der Waals surface area (Å²) in [5.74, 6) is 0.799. The monoisotopic (exact) mass is 563 g/mol. The van der Waals surface area contributed by atoms with Gasteiger partial charge in [-0.2, -0.15) is 0 Å². The van der Waals surface area contributed by atoms with Crippen LogP contribution in [0, 0.1) is 10.5 Å². The molecule has 156 valence electrons. The second-order valence-electron chi connectivity index (χ2n) is 6.91. The molecule has 4 aromatic rings. The number of hydrogen-bond acceptors (Lipinski definition) is 3. The number of carbonyl (C=O) groups excluding carboxylic acids is 1. The molecule has 0 aromatic heterocycles. The number of phenols is 1. The maximum atomic E-state index is 12.6.